The smallest absolute Gasteiger partial charge is 0.414 e. The first kappa shape index (κ1) is 31.0. The molecule has 0 aliphatic rings. The second-order valence-corrected chi connectivity index (χ2v) is 10.7. The Morgan fingerprint density at radius 2 is 1.84 bits per heavy atom. The average Bonchev–Trinajstić information content (AvgIpc) is 3.31. The summed E-state index contributed by atoms with van der Waals surface area (Å²) in [5.41, 5.74) is -0.976. The monoisotopic (exact) mass is 614 g/mol. The summed E-state index contributed by atoms with van der Waals surface area (Å²) < 4.78 is 37.1. The lowest BCUT2D eigenvalue weighted by atomic mass is 10.0. The molecule has 0 saturated heterocycles. The van der Waals surface area contributed by atoms with E-state index >= 15 is 4.39 Å². The van der Waals surface area contributed by atoms with Gasteiger partial charge in [0, 0.05) is 19.2 Å². The van der Waals surface area contributed by atoms with Gasteiger partial charge in [0.25, 0.3) is 5.69 Å². The number of benzene rings is 2. The summed E-state index contributed by atoms with van der Waals surface area (Å²) in [5.74, 6) is -2.76. The van der Waals surface area contributed by atoms with Crippen LogP contribution in [0.1, 0.15) is 42.5 Å². The highest BCUT2D eigenvalue weighted by atomic mass is 35.5. The SMILES string of the molecule is COc1cc(OC)c(Cl)c(C(=O)c2oc3cnc(Nc4c(C)cccc4[N+](=O)[O-])cc3c2N(C)C(=O)OC(C)(C)C)c1F. The average molecular weight is 615 g/mol. The molecular weight excluding hydrogens is 587 g/mol. The number of aromatic nitrogens is 1. The molecule has 0 spiro atoms. The van der Waals surface area contributed by atoms with Crippen LogP contribution in [0, 0.1) is 22.9 Å². The fraction of sp³-hybridized carbons (Fsp3) is 0.276. The van der Waals surface area contributed by atoms with Crippen molar-refractivity contribution in [3.63, 3.8) is 0 Å². The topological polar surface area (TPSA) is 146 Å². The van der Waals surface area contributed by atoms with Gasteiger partial charge >= 0.3 is 6.09 Å². The Bertz CT molecular complexity index is 1740. The van der Waals surface area contributed by atoms with Gasteiger partial charge in [-0.3, -0.25) is 19.8 Å². The lowest BCUT2D eigenvalue weighted by Crippen LogP contribution is -2.34. The zero-order valence-electron chi connectivity index (χ0n) is 24.3. The second-order valence-electron chi connectivity index (χ2n) is 10.3. The Morgan fingerprint density at radius 3 is 2.44 bits per heavy atom. The molecule has 12 nitrogen and oxygen atoms in total. The van der Waals surface area contributed by atoms with Crippen LogP contribution in [0.5, 0.6) is 11.5 Å². The number of fused-ring (bicyclic) bond motifs is 1. The highest BCUT2D eigenvalue weighted by molar-refractivity contribution is 6.37. The van der Waals surface area contributed by atoms with Crippen LogP contribution >= 0.6 is 11.6 Å². The lowest BCUT2D eigenvalue weighted by molar-refractivity contribution is -0.384. The number of ketones is 1. The number of pyridine rings is 1. The molecule has 0 saturated carbocycles. The number of methoxy groups -OCH3 is 2. The van der Waals surface area contributed by atoms with Gasteiger partial charge in [0.05, 0.1) is 41.3 Å². The van der Waals surface area contributed by atoms with Crippen LogP contribution in [-0.2, 0) is 4.74 Å². The highest BCUT2D eigenvalue weighted by Gasteiger charge is 2.34. The Kier molecular flexibility index (Phi) is 8.49. The van der Waals surface area contributed by atoms with Crippen LogP contribution in [0.25, 0.3) is 11.0 Å². The summed E-state index contributed by atoms with van der Waals surface area (Å²) in [5, 5.41) is 14.4. The molecular formula is C29H28ClFN4O8. The number of hydrogen-bond donors (Lipinski definition) is 1. The van der Waals surface area contributed by atoms with E-state index in [1.807, 2.05) is 0 Å². The largest absolute Gasteiger partial charge is 0.495 e. The zero-order valence-corrected chi connectivity index (χ0v) is 25.1. The van der Waals surface area contributed by atoms with E-state index in [2.05, 4.69) is 10.3 Å². The van der Waals surface area contributed by atoms with Crippen molar-refractivity contribution in [2.45, 2.75) is 33.3 Å². The number of nitro benzene ring substituents is 1. The number of carbonyl (C=O) groups is 2. The number of anilines is 3. The molecule has 2 aromatic heterocycles. The van der Waals surface area contributed by atoms with Crippen molar-refractivity contribution in [3.05, 3.63) is 74.4 Å². The molecule has 226 valence electrons. The molecule has 2 heterocycles. The van der Waals surface area contributed by atoms with Gasteiger partial charge in [-0.15, -0.1) is 0 Å². The zero-order chi connectivity index (χ0) is 31.8. The number of halogens is 2. The number of nitro groups is 1. The minimum absolute atomic E-state index is 0.0330. The second kappa shape index (κ2) is 11.8. The van der Waals surface area contributed by atoms with Crippen LogP contribution in [0.3, 0.4) is 0 Å². The summed E-state index contributed by atoms with van der Waals surface area (Å²) in [6.07, 6.45) is 0.412. The van der Waals surface area contributed by atoms with E-state index < -0.39 is 39.5 Å². The molecule has 0 bridgehead atoms. The molecule has 0 radical (unpaired) electrons. The number of para-hydroxylation sites is 1. The van der Waals surface area contributed by atoms with Gasteiger partial charge in [0.2, 0.25) is 5.78 Å². The minimum Gasteiger partial charge on any atom is -0.495 e. The van der Waals surface area contributed by atoms with Crippen molar-refractivity contribution in [2.75, 3.05) is 31.5 Å². The van der Waals surface area contributed by atoms with Crippen LogP contribution in [-0.4, -0.2) is 48.7 Å². The van der Waals surface area contributed by atoms with Crippen molar-refractivity contribution < 1.29 is 37.5 Å². The molecule has 1 amide bonds. The van der Waals surface area contributed by atoms with Crippen molar-refractivity contribution >= 4 is 57.3 Å². The van der Waals surface area contributed by atoms with Gasteiger partial charge in [-0.05, 0) is 39.3 Å². The van der Waals surface area contributed by atoms with Crippen LogP contribution in [0.4, 0.5) is 32.1 Å². The number of hydrogen-bond acceptors (Lipinski definition) is 10. The normalized spacial score (nSPS) is 11.3. The molecule has 0 aliphatic heterocycles. The Hall–Kier alpha value is -4.91. The molecule has 2 aromatic carbocycles. The number of rotatable bonds is 8. The summed E-state index contributed by atoms with van der Waals surface area (Å²) in [6, 6.07) is 7.20. The summed E-state index contributed by atoms with van der Waals surface area (Å²) >= 11 is 6.37. The molecule has 0 fully saturated rings. The van der Waals surface area contributed by atoms with Crippen LogP contribution < -0.4 is 19.7 Å². The van der Waals surface area contributed by atoms with Crippen LogP contribution in [0.2, 0.25) is 5.02 Å². The van der Waals surface area contributed by atoms with Crippen LogP contribution in [0.15, 0.2) is 40.9 Å². The van der Waals surface area contributed by atoms with Crippen molar-refractivity contribution in [3.8, 4) is 11.5 Å². The van der Waals surface area contributed by atoms with E-state index in [9.17, 15) is 19.7 Å². The number of amides is 1. The predicted octanol–water partition coefficient (Wildman–Crippen LogP) is 7.20. The first-order valence-electron chi connectivity index (χ1n) is 12.7. The highest BCUT2D eigenvalue weighted by Crippen LogP contribution is 2.42. The minimum atomic E-state index is -1.07. The molecule has 43 heavy (non-hydrogen) atoms. The summed E-state index contributed by atoms with van der Waals surface area (Å²) in [6.45, 7) is 6.68. The van der Waals surface area contributed by atoms with E-state index in [-0.39, 0.29) is 50.4 Å². The van der Waals surface area contributed by atoms with E-state index in [0.717, 1.165) is 4.90 Å². The molecule has 0 unspecified atom stereocenters. The third kappa shape index (κ3) is 6.02. The van der Waals surface area contributed by atoms with Gasteiger partial charge in [-0.25, -0.2) is 14.2 Å². The van der Waals surface area contributed by atoms with Crippen molar-refractivity contribution in [2.24, 2.45) is 0 Å². The van der Waals surface area contributed by atoms with E-state index in [0.29, 0.717) is 5.56 Å². The quantitative estimate of drug-likeness (QED) is 0.123. The summed E-state index contributed by atoms with van der Waals surface area (Å²) in [4.78, 5) is 43.6. The molecule has 4 aromatic rings. The fourth-order valence-electron chi connectivity index (χ4n) is 4.26. The van der Waals surface area contributed by atoms with E-state index in [4.69, 9.17) is 30.2 Å². The summed E-state index contributed by atoms with van der Waals surface area (Å²) in [7, 11) is 3.84. The maximum absolute atomic E-state index is 15.5. The maximum atomic E-state index is 15.5. The molecule has 0 atom stereocenters. The number of furan rings is 1. The lowest BCUT2D eigenvalue weighted by Gasteiger charge is -2.24. The molecule has 1 N–H and O–H groups in total. The molecule has 0 aliphatic carbocycles. The first-order valence-corrected chi connectivity index (χ1v) is 13.1. The number of carbonyl (C=O) groups excluding carboxylic acids is 2. The Balaban J connectivity index is 1.95. The van der Waals surface area contributed by atoms with Crippen molar-refractivity contribution in [1.82, 2.24) is 4.98 Å². The Morgan fingerprint density at radius 1 is 1.16 bits per heavy atom. The standard InChI is InChI=1S/C29H28ClFN4O8/c1-14-9-8-10-16(35(38)39)24(14)33-20-11-15-19(13-32-20)42-27(25(15)34(5)28(37)43-29(2,3)4)26(36)21-22(30)17(40-6)12-18(41-7)23(21)31/h8-13H,1-7H3,(H,32,33). The number of nitrogens with zero attached hydrogens (tertiary/aromatic N) is 3. The van der Waals surface area contributed by atoms with E-state index in [1.165, 1.54) is 45.7 Å². The van der Waals surface area contributed by atoms with Gasteiger partial charge in [0.1, 0.15) is 28.5 Å². The van der Waals surface area contributed by atoms with Gasteiger partial charge in [0.15, 0.2) is 22.9 Å². The Labute approximate surface area is 250 Å². The number of ether oxygens (including phenoxy) is 3. The van der Waals surface area contributed by atoms with E-state index in [1.54, 1.807) is 39.8 Å². The molecule has 14 heteroatoms. The maximum Gasteiger partial charge on any atom is 0.414 e. The van der Waals surface area contributed by atoms with Gasteiger partial charge < -0.3 is 23.9 Å². The van der Waals surface area contributed by atoms with Crippen molar-refractivity contribution in [1.29, 1.82) is 0 Å². The number of aryl methyl sites for hydroxylation is 1. The predicted molar refractivity (Wildman–Crippen MR) is 158 cm³/mol. The fourth-order valence-corrected chi connectivity index (χ4v) is 4.56. The molecule has 4 rings (SSSR count). The third-order valence-corrected chi connectivity index (χ3v) is 6.64. The van der Waals surface area contributed by atoms with Gasteiger partial charge in [-0.2, -0.15) is 0 Å². The van der Waals surface area contributed by atoms with Gasteiger partial charge in [-0.1, -0.05) is 23.7 Å². The first-order chi connectivity index (χ1) is 20.2. The number of nitrogens with one attached hydrogen (secondary N) is 1. The third-order valence-electron chi connectivity index (χ3n) is 6.26.